The van der Waals surface area contributed by atoms with E-state index in [1.807, 2.05) is 19.2 Å². The SMILES string of the molecule is CCOc1c(Cl)cc(/C=C(/C#N)c2nc(C)cs2)cc1OC. The third kappa shape index (κ3) is 3.59. The number of rotatable bonds is 5. The summed E-state index contributed by atoms with van der Waals surface area (Å²) in [6, 6.07) is 5.70. The minimum absolute atomic E-state index is 0.444. The van der Waals surface area contributed by atoms with Gasteiger partial charge in [0.15, 0.2) is 11.5 Å². The molecule has 0 saturated carbocycles. The Kier molecular flexibility index (Phi) is 5.42. The number of allylic oxidation sites excluding steroid dienone is 1. The Labute approximate surface area is 138 Å². The summed E-state index contributed by atoms with van der Waals surface area (Å²) in [5, 5.41) is 12.4. The summed E-state index contributed by atoms with van der Waals surface area (Å²) < 4.78 is 10.8. The van der Waals surface area contributed by atoms with Crippen LogP contribution in [0.25, 0.3) is 11.6 Å². The van der Waals surface area contributed by atoms with E-state index in [-0.39, 0.29) is 0 Å². The first kappa shape index (κ1) is 16.3. The summed E-state index contributed by atoms with van der Waals surface area (Å²) >= 11 is 7.67. The Bertz CT molecular complexity index is 747. The van der Waals surface area contributed by atoms with Gasteiger partial charge in [0.1, 0.15) is 11.1 Å². The number of methoxy groups -OCH3 is 1. The van der Waals surface area contributed by atoms with Gasteiger partial charge < -0.3 is 9.47 Å². The number of nitrogens with zero attached hydrogens (tertiary/aromatic N) is 2. The summed E-state index contributed by atoms with van der Waals surface area (Å²) in [7, 11) is 1.55. The molecule has 0 aliphatic carbocycles. The molecule has 2 rings (SSSR count). The molecule has 4 nitrogen and oxygen atoms in total. The second-order valence-electron chi connectivity index (χ2n) is 4.43. The number of thiazole rings is 1. The zero-order valence-electron chi connectivity index (χ0n) is 12.5. The van der Waals surface area contributed by atoms with Crippen molar-refractivity contribution in [3.05, 3.63) is 38.8 Å². The molecule has 6 heteroatoms. The summed E-state index contributed by atoms with van der Waals surface area (Å²) in [5.74, 6) is 1.04. The van der Waals surface area contributed by atoms with Crippen LogP contribution in [0.4, 0.5) is 0 Å². The Balaban J connectivity index is 2.46. The van der Waals surface area contributed by atoms with E-state index in [0.29, 0.717) is 33.7 Å². The highest BCUT2D eigenvalue weighted by Crippen LogP contribution is 2.37. The number of ether oxygens (including phenoxy) is 2. The zero-order chi connectivity index (χ0) is 16.1. The van der Waals surface area contributed by atoms with E-state index in [0.717, 1.165) is 11.3 Å². The van der Waals surface area contributed by atoms with Crippen molar-refractivity contribution in [1.29, 1.82) is 5.26 Å². The smallest absolute Gasteiger partial charge is 0.179 e. The normalized spacial score (nSPS) is 11.1. The van der Waals surface area contributed by atoms with Gasteiger partial charge >= 0.3 is 0 Å². The van der Waals surface area contributed by atoms with Crippen LogP contribution >= 0.6 is 22.9 Å². The quantitative estimate of drug-likeness (QED) is 0.751. The van der Waals surface area contributed by atoms with Crippen LogP contribution in [0.2, 0.25) is 5.02 Å². The molecular weight excluding hydrogens is 320 g/mol. The van der Waals surface area contributed by atoms with Crippen LogP contribution in [-0.2, 0) is 0 Å². The topological polar surface area (TPSA) is 55.1 Å². The van der Waals surface area contributed by atoms with Crippen molar-refractivity contribution in [1.82, 2.24) is 4.98 Å². The van der Waals surface area contributed by atoms with Gasteiger partial charge in [0.2, 0.25) is 0 Å². The van der Waals surface area contributed by atoms with Crippen LogP contribution in [0.3, 0.4) is 0 Å². The van der Waals surface area contributed by atoms with E-state index < -0.39 is 0 Å². The molecule has 0 spiro atoms. The van der Waals surface area contributed by atoms with Crippen molar-refractivity contribution in [3.8, 4) is 17.6 Å². The largest absolute Gasteiger partial charge is 0.493 e. The number of hydrogen-bond donors (Lipinski definition) is 0. The Hall–Kier alpha value is -2.03. The van der Waals surface area contributed by atoms with Gasteiger partial charge in [-0.25, -0.2) is 4.98 Å². The number of nitriles is 1. The highest BCUT2D eigenvalue weighted by atomic mass is 35.5. The van der Waals surface area contributed by atoms with Crippen LogP contribution in [0, 0.1) is 18.3 Å². The molecule has 0 fully saturated rings. The van der Waals surface area contributed by atoms with Crippen molar-refractivity contribution in [2.45, 2.75) is 13.8 Å². The Morgan fingerprint density at radius 2 is 2.27 bits per heavy atom. The van der Waals surface area contributed by atoms with E-state index in [2.05, 4.69) is 11.1 Å². The van der Waals surface area contributed by atoms with Gasteiger partial charge in [-0.15, -0.1) is 11.3 Å². The molecule has 0 radical (unpaired) electrons. The molecule has 0 amide bonds. The fourth-order valence-corrected chi connectivity index (χ4v) is 2.93. The van der Waals surface area contributed by atoms with E-state index in [1.165, 1.54) is 11.3 Å². The molecule has 0 atom stereocenters. The first-order valence-corrected chi connectivity index (χ1v) is 7.89. The van der Waals surface area contributed by atoms with Gasteiger partial charge in [0.05, 0.1) is 24.3 Å². The Morgan fingerprint density at radius 3 is 2.82 bits per heavy atom. The second kappa shape index (κ2) is 7.30. The summed E-state index contributed by atoms with van der Waals surface area (Å²) in [6.07, 6.45) is 1.74. The molecule has 2 aromatic rings. The van der Waals surface area contributed by atoms with Crippen LogP contribution in [0.15, 0.2) is 17.5 Å². The van der Waals surface area contributed by atoms with Gasteiger partial charge in [-0.05, 0) is 37.6 Å². The lowest BCUT2D eigenvalue weighted by Gasteiger charge is -2.12. The molecule has 0 aliphatic rings. The second-order valence-corrected chi connectivity index (χ2v) is 5.70. The molecule has 0 saturated heterocycles. The van der Waals surface area contributed by atoms with Crippen molar-refractivity contribution < 1.29 is 9.47 Å². The molecular formula is C16H15ClN2O2S. The molecule has 22 heavy (non-hydrogen) atoms. The van der Waals surface area contributed by atoms with Gasteiger partial charge in [0, 0.05) is 11.1 Å². The summed E-state index contributed by atoms with van der Waals surface area (Å²) in [5.41, 5.74) is 2.14. The standard InChI is InChI=1S/C16H15ClN2O2S/c1-4-21-15-13(17)6-11(7-14(15)20-3)5-12(8-18)16-19-10(2)9-22-16/h5-7,9H,4H2,1-3H3/b12-5-. The summed E-state index contributed by atoms with van der Waals surface area (Å²) in [4.78, 5) is 4.33. The predicted octanol–water partition coefficient (Wildman–Crippen LogP) is 4.58. The Morgan fingerprint density at radius 1 is 1.50 bits per heavy atom. The predicted molar refractivity (Wildman–Crippen MR) is 89.5 cm³/mol. The third-order valence-corrected chi connectivity index (χ3v) is 4.10. The molecule has 1 aromatic heterocycles. The van der Waals surface area contributed by atoms with E-state index >= 15 is 0 Å². The van der Waals surface area contributed by atoms with E-state index in [9.17, 15) is 5.26 Å². The highest BCUT2D eigenvalue weighted by Gasteiger charge is 2.12. The molecule has 114 valence electrons. The molecule has 1 heterocycles. The van der Waals surface area contributed by atoms with Gasteiger partial charge in [0.25, 0.3) is 0 Å². The van der Waals surface area contributed by atoms with Crippen molar-refractivity contribution in [2.24, 2.45) is 0 Å². The first-order valence-electron chi connectivity index (χ1n) is 6.63. The fourth-order valence-electron chi connectivity index (χ4n) is 1.89. The minimum Gasteiger partial charge on any atom is -0.493 e. The average Bonchev–Trinajstić information content (AvgIpc) is 2.93. The number of halogens is 1. The minimum atomic E-state index is 0.444. The summed E-state index contributed by atoms with van der Waals surface area (Å²) in [6.45, 7) is 4.26. The zero-order valence-corrected chi connectivity index (χ0v) is 14.1. The third-order valence-electron chi connectivity index (χ3n) is 2.82. The van der Waals surface area contributed by atoms with Gasteiger partial charge in [-0.2, -0.15) is 5.26 Å². The lowest BCUT2D eigenvalue weighted by atomic mass is 10.1. The number of hydrogen-bond acceptors (Lipinski definition) is 5. The van der Waals surface area contributed by atoms with Crippen molar-refractivity contribution >= 4 is 34.6 Å². The molecule has 0 bridgehead atoms. The molecule has 1 aromatic carbocycles. The van der Waals surface area contributed by atoms with Crippen LogP contribution < -0.4 is 9.47 Å². The lowest BCUT2D eigenvalue weighted by Crippen LogP contribution is -1.96. The van der Waals surface area contributed by atoms with Crippen LogP contribution in [-0.4, -0.2) is 18.7 Å². The molecule has 0 aliphatic heterocycles. The van der Waals surface area contributed by atoms with Crippen molar-refractivity contribution in [3.63, 3.8) is 0 Å². The molecule has 0 unspecified atom stereocenters. The number of benzene rings is 1. The fraction of sp³-hybridized carbons (Fsp3) is 0.250. The first-order chi connectivity index (χ1) is 10.6. The van der Waals surface area contributed by atoms with Gasteiger partial charge in [-0.1, -0.05) is 11.6 Å². The lowest BCUT2D eigenvalue weighted by molar-refractivity contribution is 0.311. The van der Waals surface area contributed by atoms with E-state index in [4.69, 9.17) is 21.1 Å². The van der Waals surface area contributed by atoms with E-state index in [1.54, 1.807) is 25.3 Å². The van der Waals surface area contributed by atoms with Gasteiger partial charge in [-0.3, -0.25) is 0 Å². The molecule has 0 N–H and O–H groups in total. The number of aromatic nitrogens is 1. The monoisotopic (exact) mass is 334 g/mol. The highest BCUT2D eigenvalue weighted by molar-refractivity contribution is 7.11. The van der Waals surface area contributed by atoms with Crippen LogP contribution in [0.1, 0.15) is 23.2 Å². The number of aryl methyl sites for hydroxylation is 1. The van der Waals surface area contributed by atoms with Crippen molar-refractivity contribution in [2.75, 3.05) is 13.7 Å². The maximum Gasteiger partial charge on any atom is 0.179 e. The maximum atomic E-state index is 9.34. The van der Waals surface area contributed by atoms with Crippen LogP contribution in [0.5, 0.6) is 11.5 Å². The average molecular weight is 335 g/mol. The maximum absolute atomic E-state index is 9.34.